The number of rotatable bonds is 13. The van der Waals surface area contributed by atoms with Gasteiger partial charge in [-0.3, -0.25) is 0 Å². The average Bonchev–Trinajstić information content (AvgIpc) is 2.68. The number of alkyl carbamates (subject to hydrolysis) is 1. The number of benzene rings is 1. The van der Waals surface area contributed by atoms with E-state index in [2.05, 4.69) is 19.2 Å². The van der Waals surface area contributed by atoms with Crippen molar-refractivity contribution in [3.8, 4) is 11.5 Å². The van der Waals surface area contributed by atoms with Crippen LogP contribution in [0, 0.1) is 11.8 Å². The Morgan fingerprint density at radius 2 is 1.84 bits per heavy atom. The van der Waals surface area contributed by atoms with Crippen molar-refractivity contribution in [2.24, 2.45) is 11.8 Å². The molecule has 1 aromatic carbocycles. The first-order chi connectivity index (χ1) is 14.6. The van der Waals surface area contributed by atoms with Crippen LogP contribution in [-0.2, 0) is 20.7 Å². The van der Waals surface area contributed by atoms with Crippen molar-refractivity contribution < 1.29 is 28.5 Å². The van der Waals surface area contributed by atoms with E-state index >= 15 is 0 Å². The predicted octanol–water partition coefficient (Wildman–Crippen LogP) is 4.41. The van der Waals surface area contributed by atoms with Crippen LogP contribution in [0.15, 0.2) is 18.2 Å². The van der Waals surface area contributed by atoms with Gasteiger partial charge in [-0.25, -0.2) is 4.79 Å². The predicted molar refractivity (Wildman–Crippen MR) is 121 cm³/mol. The largest absolute Gasteiger partial charge is 0.493 e. The van der Waals surface area contributed by atoms with Gasteiger partial charge in [-0.1, -0.05) is 19.9 Å². The van der Waals surface area contributed by atoms with E-state index in [0.717, 1.165) is 24.7 Å². The zero-order chi connectivity index (χ0) is 23.4. The second-order valence-electron chi connectivity index (χ2n) is 9.01. The third-order valence-corrected chi connectivity index (χ3v) is 4.84. The average molecular weight is 438 g/mol. The van der Waals surface area contributed by atoms with Gasteiger partial charge in [0, 0.05) is 20.1 Å². The molecule has 1 aromatic rings. The number of hydrogen-bond donors (Lipinski definition) is 1. The normalized spacial score (nSPS) is 13.4. The lowest BCUT2D eigenvalue weighted by Gasteiger charge is -2.26. The van der Waals surface area contributed by atoms with E-state index in [4.69, 9.17) is 18.9 Å². The summed E-state index contributed by atoms with van der Waals surface area (Å²) in [5, 5.41) is 2.68. The Balaban J connectivity index is 2.84. The quantitative estimate of drug-likeness (QED) is 0.364. The number of aldehydes is 1. The van der Waals surface area contributed by atoms with Gasteiger partial charge in [0.2, 0.25) is 0 Å². The van der Waals surface area contributed by atoms with E-state index in [-0.39, 0.29) is 5.92 Å². The molecule has 2 atom stereocenters. The number of nitrogens with one attached hydrogen (secondary N) is 1. The summed E-state index contributed by atoms with van der Waals surface area (Å²) in [4.78, 5) is 23.7. The molecule has 0 saturated heterocycles. The lowest BCUT2D eigenvalue weighted by atomic mass is 9.84. The molecule has 1 N–H and O–H groups in total. The first-order valence-electron chi connectivity index (χ1n) is 10.8. The molecule has 31 heavy (non-hydrogen) atoms. The summed E-state index contributed by atoms with van der Waals surface area (Å²) in [7, 11) is 3.28. The summed E-state index contributed by atoms with van der Waals surface area (Å²) in [5.74, 6) is 1.87. The maximum atomic E-state index is 12.1. The van der Waals surface area contributed by atoms with E-state index in [1.807, 2.05) is 18.2 Å². The molecule has 0 spiro atoms. The molecule has 0 bridgehead atoms. The highest BCUT2D eigenvalue weighted by molar-refractivity contribution is 5.73. The maximum absolute atomic E-state index is 12.1. The monoisotopic (exact) mass is 437 g/mol. The van der Waals surface area contributed by atoms with Gasteiger partial charge in [0.25, 0.3) is 0 Å². The molecule has 0 aliphatic heterocycles. The van der Waals surface area contributed by atoms with Crippen molar-refractivity contribution in [3.63, 3.8) is 0 Å². The van der Waals surface area contributed by atoms with Gasteiger partial charge in [-0.05, 0) is 63.1 Å². The van der Waals surface area contributed by atoms with Gasteiger partial charge in [0.05, 0.1) is 19.8 Å². The Labute approximate surface area is 186 Å². The van der Waals surface area contributed by atoms with E-state index in [9.17, 15) is 9.59 Å². The number of carbonyl (C=O) groups is 2. The topological polar surface area (TPSA) is 83.1 Å². The fourth-order valence-electron chi connectivity index (χ4n) is 3.17. The Morgan fingerprint density at radius 1 is 1.13 bits per heavy atom. The van der Waals surface area contributed by atoms with Crippen molar-refractivity contribution in [3.05, 3.63) is 23.8 Å². The van der Waals surface area contributed by atoms with Crippen LogP contribution in [0.2, 0.25) is 0 Å². The molecular formula is C24H39NO6. The number of amides is 1. The Kier molecular flexibility index (Phi) is 11.4. The maximum Gasteiger partial charge on any atom is 0.408 e. The Bertz CT molecular complexity index is 683. The second-order valence-corrected chi connectivity index (χ2v) is 9.01. The fraction of sp³-hybridized carbons (Fsp3) is 0.667. The van der Waals surface area contributed by atoms with Crippen LogP contribution in [0.25, 0.3) is 0 Å². The third kappa shape index (κ3) is 10.5. The van der Waals surface area contributed by atoms with Crippen LogP contribution in [0.3, 0.4) is 0 Å². The first kappa shape index (κ1) is 26.8. The van der Waals surface area contributed by atoms with Crippen LogP contribution < -0.4 is 14.8 Å². The highest BCUT2D eigenvalue weighted by Gasteiger charge is 2.24. The van der Waals surface area contributed by atoms with Gasteiger partial charge < -0.3 is 29.1 Å². The zero-order valence-electron chi connectivity index (χ0n) is 20.0. The van der Waals surface area contributed by atoms with Gasteiger partial charge in [0.15, 0.2) is 11.5 Å². The summed E-state index contributed by atoms with van der Waals surface area (Å²) in [6.07, 6.45) is 2.25. The number of ether oxygens (including phenoxy) is 4. The standard InChI is InChI=1S/C24H39NO6/c1-17(2)19(15-20(16-26)25-23(27)31-24(3,4)5)13-18-9-10-21(29-7)22(14-18)30-12-8-11-28-6/h9-10,14,16-17,19-20H,8,11-13,15H2,1-7H3,(H,25,27)/t19-,20-/m1/s1. The second kappa shape index (κ2) is 13.2. The highest BCUT2D eigenvalue weighted by Crippen LogP contribution is 2.31. The van der Waals surface area contributed by atoms with Crippen molar-refractivity contribution in [2.75, 3.05) is 27.4 Å². The smallest absolute Gasteiger partial charge is 0.408 e. The molecule has 7 heteroatoms. The summed E-state index contributed by atoms with van der Waals surface area (Å²) >= 11 is 0. The van der Waals surface area contributed by atoms with E-state index in [0.29, 0.717) is 37.1 Å². The van der Waals surface area contributed by atoms with Crippen molar-refractivity contribution >= 4 is 12.4 Å². The molecule has 0 saturated carbocycles. The summed E-state index contributed by atoms with van der Waals surface area (Å²) in [6, 6.07) is 5.28. The van der Waals surface area contributed by atoms with E-state index in [1.165, 1.54) is 0 Å². The van der Waals surface area contributed by atoms with Gasteiger partial charge in [0.1, 0.15) is 11.9 Å². The van der Waals surface area contributed by atoms with Gasteiger partial charge in [-0.15, -0.1) is 0 Å². The summed E-state index contributed by atoms with van der Waals surface area (Å²) in [5.41, 5.74) is 0.473. The third-order valence-electron chi connectivity index (χ3n) is 4.84. The minimum Gasteiger partial charge on any atom is -0.493 e. The van der Waals surface area contributed by atoms with Crippen molar-refractivity contribution in [1.82, 2.24) is 5.32 Å². The molecule has 0 aliphatic rings. The van der Waals surface area contributed by atoms with Crippen molar-refractivity contribution in [2.45, 2.75) is 65.5 Å². The van der Waals surface area contributed by atoms with Crippen LogP contribution in [0.4, 0.5) is 4.79 Å². The zero-order valence-corrected chi connectivity index (χ0v) is 20.0. The lowest BCUT2D eigenvalue weighted by Crippen LogP contribution is -2.41. The number of hydrogen-bond acceptors (Lipinski definition) is 6. The Morgan fingerprint density at radius 3 is 2.39 bits per heavy atom. The minimum atomic E-state index is -0.613. The number of carbonyl (C=O) groups excluding carboxylic acids is 2. The highest BCUT2D eigenvalue weighted by atomic mass is 16.6. The number of methoxy groups -OCH3 is 2. The molecule has 0 radical (unpaired) electrons. The summed E-state index contributed by atoms with van der Waals surface area (Å²) in [6.45, 7) is 10.8. The fourth-order valence-corrected chi connectivity index (χ4v) is 3.17. The minimum absolute atomic E-state index is 0.180. The van der Waals surface area contributed by atoms with E-state index < -0.39 is 17.7 Å². The molecule has 0 heterocycles. The van der Waals surface area contributed by atoms with Crippen LogP contribution >= 0.6 is 0 Å². The lowest BCUT2D eigenvalue weighted by molar-refractivity contribution is -0.110. The molecule has 1 rings (SSSR count). The van der Waals surface area contributed by atoms with Gasteiger partial charge in [-0.2, -0.15) is 0 Å². The molecule has 0 aliphatic carbocycles. The molecule has 176 valence electrons. The van der Waals surface area contributed by atoms with Crippen LogP contribution in [0.1, 0.15) is 53.0 Å². The van der Waals surface area contributed by atoms with Gasteiger partial charge >= 0.3 is 6.09 Å². The first-order valence-corrected chi connectivity index (χ1v) is 10.8. The SMILES string of the molecule is COCCCOc1cc(C[C@H](C[C@H](C=O)NC(=O)OC(C)(C)C)C(C)C)ccc1OC. The molecule has 0 fully saturated rings. The molecule has 1 amide bonds. The van der Waals surface area contributed by atoms with Crippen LogP contribution in [-0.4, -0.2) is 51.5 Å². The van der Waals surface area contributed by atoms with Crippen molar-refractivity contribution in [1.29, 1.82) is 0 Å². The molecule has 0 unspecified atom stereocenters. The Hall–Kier alpha value is -2.28. The molecule has 0 aromatic heterocycles. The summed E-state index contributed by atoms with van der Waals surface area (Å²) < 4.78 is 21.6. The van der Waals surface area contributed by atoms with E-state index in [1.54, 1.807) is 35.0 Å². The van der Waals surface area contributed by atoms with Crippen LogP contribution in [0.5, 0.6) is 11.5 Å². The molecular weight excluding hydrogens is 398 g/mol. The molecule has 7 nitrogen and oxygen atoms in total.